The molecular weight excluding hydrogens is 168 g/mol. The standard InChI is InChI=1S/C6H6O4S/c7-4(8)6(5(9)10)2-1-3-11-6/h1-2H,3H2,(H,7,8)(H,9,10). The van der Waals surface area contributed by atoms with Crippen LogP contribution in [-0.4, -0.2) is 32.7 Å². The predicted molar refractivity (Wildman–Crippen MR) is 39.6 cm³/mol. The summed E-state index contributed by atoms with van der Waals surface area (Å²) < 4.78 is -1.74. The van der Waals surface area contributed by atoms with Gasteiger partial charge in [-0.15, -0.1) is 11.8 Å². The molecule has 11 heavy (non-hydrogen) atoms. The van der Waals surface area contributed by atoms with Crippen LogP contribution in [0.15, 0.2) is 12.2 Å². The van der Waals surface area contributed by atoms with Gasteiger partial charge in [-0.05, 0) is 6.08 Å². The van der Waals surface area contributed by atoms with E-state index in [-0.39, 0.29) is 0 Å². The molecule has 0 bridgehead atoms. The molecule has 0 unspecified atom stereocenters. The molecule has 0 radical (unpaired) electrons. The van der Waals surface area contributed by atoms with Crippen LogP contribution < -0.4 is 0 Å². The molecule has 4 nitrogen and oxygen atoms in total. The van der Waals surface area contributed by atoms with E-state index in [1.165, 1.54) is 6.08 Å². The number of carboxylic acid groups (broad SMARTS) is 2. The average Bonchev–Trinajstić information content (AvgIpc) is 2.34. The molecule has 0 aromatic rings. The predicted octanol–water partition coefficient (Wildman–Crippen LogP) is 0.197. The van der Waals surface area contributed by atoms with Crippen LogP contribution >= 0.6 is 11.8 Å². The average molecular weight is 174 g/mol. The first-order valence-electron chi connectivity index (χ1n) is 2.88. The van der Waals surface area contributed by atoms with Crippen molar-refractivity contribution >= 4 is 23.7 Å². The largest absolute Gasteiger partial charge is 0.480 e. The third-order valence-electron chi connectivity index (χ3n) is 1.40. The second-order valence-electron chi connectivity index (χ2n) is 2.06. The molecule has 0 aromatic heterocycles. The molecule has 0 spiro atoms. The molecule has 1 aliphatic heterocycles. The van der Waals surface area contributed by atoms with Gasteiger partial charge in [-0.2, -0.15) is 0 Å². The van der Waals surface area contributed by atoms with Gasteiger partial charge in [0.15, 0.2) is 0 Å². The van der Waals surface area contributed by atoms with Gasteiger partial charge in [0.25, 0.3) is 0 Å². The first-order chi connectivity index (χ1) is 5.09. The summed E-state index contributed by atoms with van der Waals surface area (Å²) in [7, 11) is 0. The SMILES string of the molecule is O=C(O)C1(C(=O)O)C=CCS1. The lowest BCUT2D eigenvalue weighted by molar-refractivity contribution is -0.149. The number of thioether (sulfide) groups is 1. The Labute approximate surface area is 66.9 Å². The monoisotopic (exact) mass is 174 g/mol. The minimum atomic E-state index is -1.74. The maximum absolute atomic E-state index is 10.5. The summed E-state index contributed by atoms with van der Waals surface area (Å²) in [5.74, 6) is -2.19. The van der Waals surface area contributed by atoms with Crippen LogP contribution in [0, 0.1) is 0 Å². The quantitative estimate of drug-likeness (QED) is 0.462. The highest BCUT2D eigenvalue weighted by Crippen LogP contribution is 2.33. The fourth-order valence-corrected chi connectivity index (χ4v) is 1.69. The maximum atomic E-state index is 10.5. The first kappa shape index (κ1) is 8.13. The maximum Gasteiger partial charge on any atom is 0.335 e. The molecule has 0 saturated heterocycles. The topological polar surface area (TPSA) is 74.6 Å². The van der Waals surface area contributed by atoms with Crippen molar-refractivity contribution in [3.05, 3.63) is 12.2 Å². The van der Waals surface area contributed by atoms with Crippen LogP contribution in [0.5, 0.6) is 0 Å². The highest BCUT2D eigenvalue weighted by atomic mass is 32.2. The summed E-state index contributed by atoms with van der Waals surface area (Å²) in [6.45, 7) is 0. The summed E-state index contributed by atoms with van der Waals surface area (Å²) in [5, 5.41) is 17.2. The number of carbonyl (C=O) groups is 2. The second kappa shape index (κ2) is 2.58. The van der Waals surface area contributed by atoms with Gasteiger partial charge in [-0.1, -0.05) is 6.08 Å². The Balaban J connectivity index is 2.98. The van der Waals surface area contributed by atoms with Crippen molar-refractivity contribution in [2.24, 2.45) is 0 Å². The van der Waals surface area contributed by atoms with Crippen LogP contribution in [0.2, 0.25) is 0 Å². The van der Waals surface area contributed by atoms with E-state index >= 15 is 0 Å². The summed E-state index contributed by atoms with van der Waals surface area (Å²) in [6, 6.07) is 0. The van der Waals surface area contributed by atoms with E-state index in [0.717, 1.165) is 11.8 Å². The molecule has 0 amide bonds. The van der Waals surface area contributed by atoms with Crippen molar-refractivity contribution in [1.82, 2.24) is 0 Å². The van der Waals surface area contributed by atoms with Crippen LogP contribution in [0.25, 0.3) is 0 Å². The normalized spacial score (nSPS) is 20.0. The third-order valence-corrected chi connectivity index (χ3v) is 2.70. The van der Waals surface area contributed by atoms with Gasteiger partial charge in [0.1, 0.15) is 0 Å². The number of aliphatic carboxylic acids is 2. The molecule has 1 aliphatic rings. The summed E-state index contributed by atoms with van der Waals surface area (Å²) in [4.78, 5) is 21.0. The Morgan fingerprint density at radius 3 is 2.09 bits per heavy atom. The molecule has 0 fully saturated rings. The van der Waals surface area contributed by atoms with E-state index < -0.39 is 16.7 Å². The molecule has 1 rings (SSSR count). The van der Waals surface area contributed by atoms with E-state index in [2.05, 4.69) is 0 Å². The van der Waals surface area contributed by atoms with Crippen molar-refractivity contribution in [2.75, 3.05) is 5.75 Å². The van der Waals surface area contributed by atoms with Gasteiger partial charge >= 0.3 is 11.9 Å². The number of hydrogen-bond donors (Lipinski definition) is 2. The zero-order valence-corrected chi connectivity index (χ0v) is 6.30. The van der Waals surface area contributed by atoms with Crippen molar-refractivity contribution in [1.29, 1.82) is 0 Å². The summed E-state index contributed by atoms with van der Waals surface area (Å²) in [5.41, 5.74) is 0. The number of carboxylic acids is 2. The third kappa shape index (κ3) is 1.11. The van der Waals surface area contributed by atoms with Gasteiger partial charge < -0.3 is 10.2 Å². The Hall–Kier alpha value is -0.970. The molecular formula is C6H6O4S. The van der Waals surface area contributed by atoms with Gasteiger partial charge in [-0.3, -0.25) is 0 Å². The number of hydrogen-bond acceptors (Lipinski definition) is 3. The van der Waals surface area contributed by atoms with E-state index in [9.17, 15) is 9.59 Å². The van der Waals surface area contributed by atoms with Crippen LogP contribution in [0.3, 0.4) is 0 Å². The summed E-state index contributed by atoms with van der Waals surface area (Å²) in [6.07, 6.45) is 2.76. The van der Waals surface area contributed by atoms with E-state index in [4.69, 9.17) is 10.2 Å². The molecule has 0 aromatic carbocycles. The Morgan fingerprint density at radius 1 is 1.36 bits per heavy atom. The van der Waals surface area contributed by atoms with E-state index in [0.29, 0.717) is 5.75 Å². The van der Waals surface area contributed by atoms with E-state index in [1.54, 1.807) is 6.08 Å². The molecule has 0 saturated carbocycles. The van der Waals surface area contributed by atoms with Gasteiger partial charge in [0.2, 0.25) is 4.75 Å². The lowest BCUT2D eigenvalue weighted by atomic mass is 10.1. The zero-order chi connectivity index (χ0) is 8.48. The van der Waals surface area contributed by atoms with Crippen LogP contribution in [0.4, 0.5) is 0 Å². The molecule has 60 valence electrons. The Kier molecular flexibility index (Phi) is 1.90. The van der Waals surface area contributed by atoms with Crippen molar-refractivity contribution < 1.29 is 19.8 Å². The van der Waals surface area contributed by atoms with Gasteiger partial charge in [0.05, 0.1) is 0 Å². The number of rotatable bonds is 2. The second-order valence-corrected chi connectivity index (χ2v) is 3.33. The first-order valence-corrected chi connectivity index (χ1v) is 3.86. The molecule has 0 aliphatic carbocycles. The minimum Gasteiger partial charge on any atom is -0.480 e. The highest BCUT2D eigenvalue weighted by Gasteiger charge is 2.46. The highest BCUT2D eigenvalue weighted by molar-refractivity contribution is 8.02. The van der Waals surface area contributed by atoms with E-state index in [1.807, 2.05) is 0 Å². The smallest absolute Gasteiger partial charge is 0.335 e. The van der Waals surface area contributed by atoms with Gasteiger partial charge in [0, 0.05) is 5.75 Å². The Morgan fingerprint density at radius 2 is 1.91 bits per heavy atom. The van der Waals surface area contributed by atoms with Crippen LogP contribution in [0.1, 0.15) is 0 Å². The minimum absolute atomic E-state index is 0.443. The lowest BCUT2D eigenvalue weighted by Gasteiger charge is -2.14. The Bertz CT molecular complexity index is 219. The van der Waals surface area contributed by atoms with Crippen LogP contribution in [-0.2, 0) is 9.59 Å². The lowest BCUT2D eigenvalue weighted by Crippen LogP contribution is -2.40. The molecule has 2 N–H and O–H groups in total. The fourth-order valence-electron chi connectivity index (χ4n) is 0.799. The molecule has 1 heterocycles. The van der Waals surface area contributed by atoms with Crippen molar-refractivity contribution in [3.8, 4) is 0 Å². The van der Waals surface area contributed by atoms with Gasteiger partial charge in [-0.25, -0.2) is 9.59 Å². The molecule has 0 atom stereocenters. The fraction of sp³-hybridized carbons (Fsp3) is 0.333. The van der Waals surface area contributed by atoms with Crippen molar-refractivity contribution in [2.45, 2.75) is 4.75 Å². The zero-order valence-electron chi connectivity index (χ0n) is 5.48. The molecule has 5 heteroatoms. The van der Waals surface area contributed by atoms with Crippen molar-refractivity contribution in [3.63, 3.8) is 0 Å². The summed E-state index contributed by atoms with van der Waals surface area (Å²) >= 11 is 0.896.